The predicted octanol–water partition coefficient (Wildman–Crippen LogP) is -0.390. The molecule has 2 unspecified atom stereocenters. The van der Waals surface area contributed by atoms with Gasteiger partial charge < -0.3 is 14.9 Å². The van der Waals surface area contributed by atoms with Gasteiger partial charge in [-0.2, -0.15) is 0 Å². The molecule has 0 amide bonds. The molecule has 1 N–H and O–H groups in total. The number of rotatable bonds is 2. The molecule has 3 nitrogen and oxygen atoms in total. The van der Waals surface area contributed by atoms with Crippen molar-refractivity contribution in [2.45, 2.75) is 6.42 Å². The summed E-state index contributed by atoms with van der Waals surface area (Å²) in [6, 6.07) is 0. The monoisotopic (exact) mass is 141 g/mol. The lowest BCUT2D eigenvalue weighted by Gasteiger charge is -2.23. The fraction of sp³-hybridized carbons (Fsp3) is 0.714. The van der Waals surface area contributed by atoms with Crippen LogP contribution in [0.4, 0.5) is 0 Å². The van der Waals surface area contributed by atoms with E-state index in [1.807, 2.05) is 0 Å². The molecule has 0 bridgehead atoms. The van der Waals surface area contributed by atoms with Gasteiger partial charge in [-0.1, -0.05) is 0 Å². The molecule has 0 saturated carbocycles. The average molecular weight is 141 g/mol. The third kappa shape index (κ3) is 1.42. The zero-order valence-electron chi connectivity index (χ0n) is 5.75. The van der Waals surface area contributed by atoms with Gasteiger partial charge in [-0.05, 0) is 13.0 Å². The van der Waals surface area contributed by atoms with Gasteiger partial charge in [0.2, 0.25) is 0 Å². The first-order valence-electron chi connectivity index (χ1n) is 3.50. The lowest BCUT2D eigenvalue weighted by atomic mass is 9.89. The average Bonchev–Trinajstić information content (AvgIpc) is 2.04. The van der Waals surface area contributed by atoms with E-state index in [0.717, 1.165) is 25.5 Å². The Hall–Kier alpha value is -0.700. The van der Waals surface area contributed by atoms with E-state index < -0.39 is 0 Å². The molecule has 0 aromatic rings. The molecule has 0 aromatic heterocycles. The van der Waals surface area contributed by atoms with Crippen molar-refractivity contribution in [3.8, 4) is 0 Å². The van der Waals surface area contributed by atoms with E-state index in [1.54, 1.807) is 0 Å². The summed E-state index contributed by atoms with van der Waals surface area (Å²) in [5.74, 6) is -0.134. The topological polar surface area (TPSA) is 46.2 Å². The first kappa shape index (κ1) is 7.41. The van der Waals surface area contributed by atoms with Crippen LogP contribution in [-0.4, -0.2) is 25.7 Å². The van der Waals surface area contributed by atoms with Gasteiger partial charge in [0.1, 0.15) is 12.6 Å². The first-order chi connectivity index (χ1) is 4.88. The van der Waals surface area contributed by atoms with E-state index in [2.05, 4.69) is 5.32 Å². The zero-order valence-corrected chi connectivity index (χ0v) is 5.75. The largest absolute Gasteiger partial charge is 0.316 e. The molecule has 1 aliphatic heterocycles. The minimum absolute atomic E-state index is 0.0428. The molecule has 0 radical (unpaired) electrons. The fourth-order valence-electron chi connectivity index (χ4n) is 1.22. The minimum Gasteiger partial charge on any atom is -0.316 e. The highest BCUT2D eigenvalue weighted by atomic mass is 16.1. The van der Waals surface area contributed by atoms with Crippen LogP contribution in [0.5, 0.6) is 0 Å². The Morgan fingerprint density at radius 2 is 1.90 bits per heavy atom. The van der Waals surface area contributed by atoms with Crippen LogP contribution in [0.15, 0.2) is 0 Å². The van der Waals surface area contributed by atoms with Crippen molar-refractivity contribution in [1.82, 2.24) is 5.32 Å². The number of piperidine rings is 1. The van der Waals surface area contributed by atoms with Crippen molar-refractivity contribution in [2.24, 2.45) is 11.8 Å². The molecule has 0 aromatic carbocycles. The van der Waals surface area contributed by atoms with Gasteiger partial charge >= 0.3 is 0 Å². The van der Waals surface area contributed by atoms with Crippen LogP contribution in [0, 0.1) is 11.8 Å². The van der Waals surface area contributed by atoms with Gasteiger partial charge in [0.25, 0.3) is 0 Å². The maximum atomic E-state index is 10.3. The van der Waals surface area contributed by atoms with Gasteiger partial charge in [-0.25, -0.2) is 0 Å². The molecule has 1 aliphatic rings. The first-order valence-corrected chi connectivity index (χ1v) is 3.50. The van der Waals surface area contributed by atoms with Crippen molar-refractivity contribution in [1.29, 1.82) is 0 Å². The highest BCUT2D eigenvalue weighted by molar-refractivity contribution is 5.65. The van der Waals surface area contributed by atoms with Crippen molar-refractivity contribution >= 4 is 12.6 Å². The lowest BCUT2D eigenvalue weighted by molar-refractivity contribution is -0.120. The van der Waals surface area contributed by atoms with Crippen LogP contribution in [0.1, 0.15) is 6.42 Å². The summed E-state index contributed by atoms with van der Waals surface area (Å²) in [5.41, 5.74) is 0. The summed E-state index contributed by atoms with van der Waals surface area (Å²) in [5, 5.41) is 3.06. The van der Waals surface area contributed by atoms with Crippen LogP contribution < -0.4 is 5.32 Å². The van der Waals surface area contributed by atoms with Crippen molar-refractivity contribution in [3.05, 3.63) is 0 Å². The minimum atomic E-state index is -0.0914. The molecule has 56 valence electrons. The van der Waals surface area contributed by atoms with E-state index in [4.69, 9.17) is 0 Å². The SMILES string of the molecule is O=CC1CCNCC1C=O. The smallest absolute Gasteiger partial charge is 0.125 e. The lowest BCUT2D eigenvalue weighted by Crippen LogP contribution is -2.37. The maximum absolute atomic E-state index is 10.3. The molecule has 1 rings (SSSR count). The standard InChI is InChI=1S/C7H11NO2/c9-4-6-1-2-8-3-7(6)5-10/h4-8H,1-3H2. The van der Waals surface area contributed by atoms with Gasteiger partial charge in [-0.3, -0.25) is 0 Å². The Kier molecular flexibility index (Phi) is 2.57. The van der Waals surface area contributed by atoms with Gasteiger partial charge in [0.05, 0.1) is 0 Å². The molecule has 1 fully saturated rings. The van der Waals surface area contributed by atoms with Crippen LogP contribution in [0.25, 0.3) is 0 Å². The quantitative estimate of drug-likeness (QED) is 0.533. The highest BCUT2D eigenvalue weighted by Crippen LogP contribution is 2.13. The number of hydrogen-bond acceptors (Lipinski definition) is 3. The summed E-state index contributed by atoms with van der Waals surface area (Å²) in [4.78, 5) is 20.7. The van der Waals surface area contributed by atoms with Gasteiger partial charge in [0, 0.05) is 18.4 Å². The molecule has 1 heterocycles. The molecular formula is C7H11NO2. The van der Waals surface area contributed by atoms with Crippen LogP contribution >= 0.6 is 0 Å². The van der Waals surface area contributed by atoms with Gasteiger partial charge in [-0.15, -0.1) is 0 Å². The second kappa shape index (κ2) is 3.46. The molecule has 0 aliphatic carbocycles. The fourth-order valence-corrected chi connectivity index (χ4v) is 1.22. The number of carbonyl (C=O) groups is 2. The van der Waals surface area contributed by atoms with Crippen LogP contribution in [0.3, 0.4) is 0 Å². The molecule has 0 spiro atoms. The molecule has 2 atom stereocenters. The Balaban J connectivity index is 2.49. The highest BCUT2D eigenvalue weighted by Gasteiger charge is 2.23. The van der Waals surface area contributed by atoms with Crippen molar-refractivity contribution < 1.29 is 9.59 Å². The summed E-state index contributed by atoms with van der Waals surface area (Å²) < 4.78 is 0. The third-order valence-electron chi connectivity index (χ3n) is 1.93. The molecule has 1 saturated heterocycles. The Labute approximate surface area is 59.8 Å². The van der Waals surface area contributed by atoms with E-state index in [0.29, 0.717) is 6.54 Å². The summed E-state index contributed by atoms with van der Waals surface area (Å²) in [7, 11) is 0. The maximum Gasteiger partial charge on any atom is 0.125 e. The van der Waals surface area contributed by atoms with E-state index in [-0.39, 0.29) is 11.8 Å². The number of hydrogen-bond donors (Lipinski definition) is 1. The number of aldehydes is 2. The van der Waals surface area contributed by atoms with E-state index >= 15 is 0 Å². The molecular weight excluding hydrogens is 130 g/mol. The second-order valence-electron chi connectivity index (χ2n) is 2.59. The predicted molar refractivity (Wildman–Crippen MR) is 36.6 cm³/mol. The third-order valence-corrected chi connectivity index (χ3v) is 1.93. The summed E-state index contributed by atoms with van der Waals surface area (Å²) in [6.07, 6.45) is 2.55. The van der Waals surface area contributed by atoms with E-state index in [1.165, 1.54) is 0 Å². The Bertz CT molecular complexity index is 120. The van der Waals surface area contributed by atoms with Crippen molar-refractivity contribution in [3.63, 3.8) is 0 Å². The molecule has 3 heteroatoms. The number of carbonyl (C=O) groups excluding carboxylic acids is 2. The Morgan fingerprint density at radius 1 is 1.20 bits per heavy atom. The second-order valence-corrected chi connectivity index (χ2v) is 2.59. The Morgan fingerprint density at radius 3 is 2.40 bits per heavy atom. The number of nitrogens with one attached hydrogen (secondary N) is 1. The van der Waals surface area contributed by atoms with E-state index in [9.17, 15) is 9.59 Å². The summed E-state index contributed by atoms with van der Waals surface area (Å²) >= 11 is 0. The van der Waals surface area contributed by atoms with Crippen molar-refractivity contribution in [2.75, 3.05) is 13.1 Å². The van der Waals surface area contributed by atoms with Crippen LogP contribution in [0.2, 0.25) is 0 Å². The normalized spacial score (nSPS) is 33.2. The molecule has 10 heavy (non-hydrogen) atoms. The van der Waals surface area contributed by atoms with Gasteiger partial charge in [0.15, 0.2) is 0 Å². The summed E-state index contributed by atoms with van der Waals surface area (Å²) in [6.45, 7) is 1.51. The van der Waals surface area contributed by atoms with Crippen LogP contribution in [-0.2, 0) is 9.59 Å². The zero-order chi connectivity index (χ0) is 7.40.